The molecule has 0 spiro atoms. The molecule has 0 radical (unpaired) electrons. The fraction of sp³-hybridized carbons (Fsp3) is 0.529. The molecule has 1 aromatic rings. The van der Waals surface area contributed by atoms with E-state index in [0.717, 1.165) is 0 Å². The van der Waals surface area contributed by atoms with E-state index in [1.165, 1.54) is 34.1 Å². The first-order chi connectivity index (χ1) is 13.3. The minimum absolute atomic E-state index is 0.0133. The summed E-state index contributed by atoms with van der Waals surface area (Å²) in [5.74, 6) is -0.362. The van der Waals surface area contributed by atoms with Crippen LogP contribution in [0.4, 0.5) is 10.5 Å². The Balaban J connectivity index is 1.61. The van der Waals surface area contributed by atoms with Crippen molar-refractivity contribution in [3.8, 4) is 0 Å². The fourth-order valence-corrected chi connectivity index (χ4v) is 3.73. The number of carbonyl (C=O) groups excluding carboxylic acids is 2. The van der Waals surface area contributed by atoms with Crippen LogP contribution < -0.4 is 0 Å². The van der Waals surface area contributed by atoms with Gasteiger partial charge in [-0.25, -0.2) is 4.79 Å². The van der Waals surface area contributed by atoms with E-state index in [1.54, 1.807) is 0 Å². The van der Waals surface area contributed by atoms with Crippen LogP contribution in [-0.2, 0) is 16.1 Å². The van der Waals surface area contributed by atoms with Crippen molar-refractivity contribution in [2.24, 2.45) is 0 Å². The number of amides is 2. The predicted molar refractivity (Wildman–Crippen MR) is 99.8 cm³/mol. The lowest BCUT2D eigenvalue weighted by atomic mass is 10.2. The van der Waals surface area contributed by atoms with E-state index < -0.39 is 29.3 Å². The first-order valence-corrected chi connectivity index (χ1v) is 9.27. The number of non-ortho nitro benzene ring substituents is 1. The number of β-amino-alcohol motifs (C(OH)–C–C–N with tert-alkyl or cyclic N) is 2. The van der Waals surface area contributed by atoms with Crippen molar-refractivity contribution in [1.29, 1.82) is 0 Å². The Hall–Kier alpha value is -2.37. The number of hydrogen-bond donors (Lipinski definition) is 3. The first kappa shape index (κ1) is 20.4. The molecule has 2 saturated heterocycles. The monoisotopic (exact) mass is 411 g/mol. The highest BCUT2D eigenvalue weighted by Gasteiger charge is 2.43. The number of carbonyl (C=O) groups is 2. The largest absolute Gasteiger partial charge is 0.445 e. The SMILES string of the molecule is O=C([C@@H]1C[C@H](S)CN1C(=O)OCc1ccc([N+](=O)[O-])cc1)N1C[C@H](O)[C@@H](O)C1. The van der Waals surface area contributed by atoms with E-state index in [1.807, 2.05) is 0 Å². The number of aliphatic hydroxyl groups excluding tert-OH is 2. The maximum absolute atomic E-state index is 12.7. The van der Waals surface area contributed by atoms with Crippen molar-refractivity contribution in [2.75, 3.05) is 19.6 Å². The van der Waals surface area contributed by atoms with Crippen LogP contribution >= 0.6 is 12.6 Å². The molecule has 2 amide bonds. The van der Waals surface area contributed by atoms with Gasteiger partial charge in [0.15, 0.2) is 0 Å². The van der Waals surface area contributed by atoms with E-state index in [-0.39, 0.29) is 43.1 Å². The van der Waals surface area contributed by atoms with Crippen LogP contribution in [0.1, 0.15) is 12.0 Å². The number of nitro benzene ring substituents is 1. The molecule has 28 heavy (non-hydrogen) atoms. The van der Waals surface area contributed by atoms with Gasteiger partial charge < -0.3 is 19.8 Å². The number of nitro groups is 1. The molecule has 4 atom stereocenters. The molecule has 2 heterocycles. The molecule has 0 bridgehead atoms. The lowest BCUT2D eigenvalue weighted by Crippen LogP contribution is -2.47. The van der Waals surface area contributed by atoms with Gasteiger partial charge in [-0.1, -0.05) is 0 Å². The second kappa shape index (κ2) is 8.33. The molecule has 2 aliphatic heterocycles. The molecule has 11 heteroatoms. The Morgan fingerprint density at radius 3 is 2.36 bits per heavy atom. The van der Waals surface area contributed by atoms with Crippen LogP contribution in [0.5, 0.6) is 0 Å². The highest BCUT2D eigenvalue weighted by Crippen LogP contribution is 2.26. The van der Waals surface area contributed by atoms with Crippen molar-refractivity contribution < 1.29 is 29.5 Å². The molecule has 0 saturated carbocycles. The van der Waals surface area contributed by atoms with Crippen LogP contribution in [0.25, 0.3) is 0 Å². The zero-order chi connectivity index (χ0) is 20.4. The van der Waals surface area contributed by atoms with Crippen molar-refractivity contribution in [1.82, 2.24) is 9.80 Å². The lowest BCUT2D eigenvalue weighted by molar-refractivity contribution is -0.384. The van der Waals surface area contributed by atoms with Gasteiger partial charge >= 0.3 is 6.09 Å². The van der Waals surface area contributed by atoms with Gasteiger partial charge in [-0.05, 0) is 24.1 Å². The third-order valence-electron chi connectivity index (χ3n) is 4.88. The van der Waals surface area contributed by atoms with Gasteiger partial charge in [-0.15, -0.1) is 0 Å². The van der Waals surface area contributed by atoms with Crippen LogP contribution in [0, 0.1) is 10.1 Å². The van der Waals surface area contributed by atoms with Crippen molar-refractivity contribution in [2.45, 2.75) is 36.5 Å². The quantitative estimate of drug-likeness (QED) is 0.365. The fourth-order valence-electron chi connectivity index (χ4n) is 3.35. The molecule has 0 aromatic heterocycles. The Labute approximate surface area is 166 Å². The molecule has 10 nitrogen and oxygen atoms in total. The number of ether oxygens (including phenoxy) is 1. The summed E-state index contributed by atoms with van der Waals surface area (Å²) in [5.41, 5.74) is 0.516. The summed E-state index contributed by atoms with van der Waals surface area (Å²) >= 11 is 4.36. The molecule has 2 fully saturated rings. The summed E-state index contributed by atoms with van der Waals surface area (Å²) in [6, 6.07) is 4.85. The van der Waals surface area contributed by atoms with Crippen LogP contribution in [0.2, 0.25) is 0 Å². The average Bonchev–Trinajstić information content (AvgIpc) is 3.22. The first-order valence-electron chi connectivity index (χ1n) is 8.76. The molecule has 152 valence electrons. The van der Waals surface area contributed by atoms with Crippen molar-refractivity contribution in [3.05, 3.63) is 39.9 Å². The van der Waals surface area contributed by atoms with Crippen molar-refractivity contribution >= 4 is 30.3 Å². The number of benzene rings is 1. The van der Waals surface area contributed by atoms with Gasteiger partial charge in [-0.2, -0.15) is 12.6 Å². The Morgan fingerprint density at radius 1 is 1.18 bits per heavy atom. The summed E-state index contributed by atoms with van der Waals surface area (Å²) in [6.45, 7) is 0.170. The van der Waals surface area contributed by atoms with Gasteiger partial charge in [0.1, 0.15) is 12.6 Å². The predicted octanol–water partition coefficient (Wildman–Crippen LogP) is 0.168. The summed E-state index contributed by atoms with van der Waals surface area (Å²) < 4.78 is 5.26. The average molecular weight is 411 g/mol. The van der Waals surface area contributed by atoms with E-state index in [0.29, 0.717) is 12.0 Å². The second-order valence-electron chi connectivity index (χ2n) is 6.91. The Kier molecular flexibility index (Phi) is 6.06. The van der Waals surface area contributed by atoms with Gasteiger partial charge in [0, 0.05) is 37.0 Å². The molecular formula is C17H21N3O7S. The molecule has 1 aromatic carbocycles. The highest BCUT2D eigenvalue weighted by atomic mass is 32.1. The smallest absolute Gasteiger partial charge is 0.410 e. The van der Waals surface area contributed by atoms with Gasteiger partial charge in [0.25, 0.3) is 5.69 Å². The maximum atomic E-state index is 12.7. The standard InChI is InChI=1S/C17H21N3O7S/c21-14-7-18(8-15(14)22)16(23)13-5-12(28)6-19(13)17(24)27-9-10-1-3-11(4-2-10)20(25)26/h1-4,12-15,21-22,28H,5-9H2/t12-,13-,14-,15-/m0/s1. The second-order valence-corrected chi connectivity index (χ2v) is 7.64. The number of rotatable bonds is 4. The van der Waals surface area contributed by atoms with E-state index in [2.05, 4.69) is 12.6 Å². The van der Waals surface area contributed by atoms with Crippen LogP contribution in [0.3, 0.4) is 0 Å². The molecular weight excluding hydrogens is 390 g/mol. The van der Waals surface area contributed by atoms with Crippen LogP contribution in [0.15, 0.2) is 24.3 Å². The number of likely N-dealkylation sites (tertiary alicyclic amines) is 2. The van der Waals surface area contributed by atoms with Gasteiger partial charge in [0.2, 0.25) is 5.91 Å². The number of thiol groups is 1. The van der Waals surface area contributed by atoms with Crippen molar-refractivity contribution in [3.63, 3.8) is 0 Å². The van der Waals surface area contributed by atoms with Gasteiger partial charge in [-0.3, -0.25) is 19.8 Å². The van der Waals surface area contributed by atoms with E-state index in [4.69, 9.17) is 4.74 Å². The minimum Gasteiger partial charge on any atom is -0.445 e. The minimum atomic E-state index is -1.00. The third kappa shape index (κ3) is 4.37. The zero-order valence-electron chi connectivity index (χ0n) is 14.9. The van der Waals surface area contributed by atoms with E-state index >= 15 is 0 Å². The lowest BCUT2D eigenvalue weighted by Gasteiger charge is -2.27. The Morgan fingerprint density at radius 2 is 1.79 bits per heavy atom. The molecule has 0 unspecified atom stereocenters. The van der Waals surface area contributed by atoms with Crippen LogP contribution in [-0.4, -0.2) is 80.1 Å². The Bertz CT molecular complexity index is 750. The van der Waals surface area contributed by atoms with E-state index in [9.17, 15) is 29.9 Å². The number of nitrogens with zero attached hydrogens (tertiary/aromatic N) is 3. The molecule has 3 rings (SSSR count). The summed E-state index contributed by atoms with van der Waals surface area (Å²) in [7, 11) is 0. The normalized spacial score (nSPS) is 27.1. The molecule has 0 aliphatic carbocycles. The third-order valence-corrected chi connectivity index (χ3v) is 5.25. The summed E-state index contributed by atoms with van der Waals surface area (Å²) in [6.07, 6.45) is -2.34. The molecule has 2 N–H and O–H groups in total. The maximum Gasteiger partial charge on any atom is 0.410 e. The highest BCUT2D eigenvalue weighted by molar-refractivity contribution is 7.81. The summed E-state index contributed by atoms with van der Waals surface area (Å²) in [4.78, 5) is 38.0. The zero-order valence-corrected chi connectivity index (χ0v) is 15.8. The summed E-state index contributed by atoms with van der Waals surface area (Å²) in [5, 5.41) is 29.8. The van der Waals surface area contributed by atoms with Gasteiger partial charge in [0.05, 0.1) is 17.1 Å². The number of aliphatic hydroxyl groups is 2. The topological polar surface area (TPSA) is 133 Å². The number of hydrogen-bond acceptors (Lipinski definition) is 8. The molecule has 2 aliphatic rings.